The number of hydrogen-bond donors (Lipinski definition) is 1. The Bertz CT molecular complexity index is 822. The zero-order valence-corrected chi connectivity index (χ0v) is 14.7. The Morgan fingerprint density at radius 1 is 1.12 bits per heavy atom. The van der Waals surface area contributed by atoms with Crippen LogP contribution in [0.15, 0.2) is 30.9 Å². The number of hydrogen-bond acceptors (Lipinski definition) is 5. The first-order valence-corrected chi connectivity index (χ1v) is 8.16. The van der Waals surface area contributed by atoms with Gasteiger partial charge in [0.25, 0.3) is 0 Å². The second kappa shape index (κ2) is 6.97. The third-order valence-electron chi connectivity index (χ3n) is 4.35. The summed E-state index contributed by atoms with van der Waals surface area (Å²) in [6.45, 7) is 6.88. The predicted octanol–water partition coefficient (Wildman–Crippen LogP) is 2.46. The van der Waals surface area contributed by atoms with Gasteiger partial charge in [0, 0.05) is 37.7 Å². The van der Waals surface area contributed by atoms with E-state index in [4.69, 9.17) is 0 Å². The number of nitrogens with zero attached hydrogens (tertiary/aromatic N) is 5. The summed E-state index contributed by atoms with van der Waals surface area (Å²) in [7, 11) is 4.13. The highest BCUT2D eigenvalue weighted by Gasteiger charge is 2.16. The first kappa shape index (κ1) is 16.4. The lowest BCUT2D eigenvalue weighted by Gasteiger charge is -2.11. The fourth-order valence-electron chi connectivity index (χ4n) is 2.86. The summed E-state index contributed by atoms with van der Waals surface area (Å²) in [5.41, 5.74) is 4.64. The minimum Gasteiger partial charge on any atom is -0.368 e. The van der Waals surface area contributed by atoms with Crippen LogP contribution in [0.3, 0.4) is 0 Å². The summed E-state index contributed by atoms with van der Waals surface area (Å²) in [5.74, 6) is 0.913. The largest absolute Gasteiger partial charge is 0.368 e. The molecule has 0 spiro atoms. The van der Waals surface area contributed by atoms with Crippen LogP contribution in [0.1, 0.15) is 16.8 Å². The van der Waals surface area contributed by atoms with Gasteiger partial charge in [-0.25, -0.2) is 9.97 Å². The molecule has 0 fully saturated rings. The van der Waals surface area contributed by atoms with Gasteiger partial charge in [-0.15, -0.1) is 0 Å². The van der Waals surface area contributed by atoms with E-state index in [0.717, 1.165) is 36.5 Å². The Morgan fingerprint density at radius 2 is 1.88 bits per heavy atom. The average Bonchev–Trinajstić information content (AvgIpc) is 2.81. The Labute approximate surface area is 142 Å². The van der Waals surface area contributed by atoms with Crippen LogP contribution in [0.4, 0.5) is 5.82 Å². The van der Waals surface area contributed by atoms with Gasteiger partial charge in [0.2, 0.25) is 0 Å². The molecule has 3 rings (SSSR count). The molecule has 0 unspecified atom stereocenters. The summed E-state index contributed by atoms with van der Waals surface area (Å²) in [6.07, 6.45) is 5.29. The van der Waals surface area contributed by atoms with Crippen LogP contribution in [-0.4, -0.2) is 51.6 Å². The molecule has 0 aliphatic heterocycles. The number of fused-ring (bicyclic) bond motifs is 1. The minimum absolute atomic E-state index is 0.785. The number of pyridine rings is 1. The highest BCUT2D eigenvalue weighted by atomic mass is 15.1. The summed E-state index contributed by atoms with van der Waals surface area (Å²) in [6, 6.07) is 4.08. The number of anilines is 1. The second-order valence-corrected chi connectivity index (χ2v) is 6.30. The highest BCUT2D eigenvalue weighted by molar-refractivity contribution is 5.91. The van der Waals surface area contributed by atoms with Crippen molar-refractivity contribution in [3.63, 3.8) is 0 Å². The van der Waals surface area contributed by atoms with Crippen molar-refractivity contribution >= 4 is 16.9 Å². The van der Waals surface area contributed by atoms with Crippen LogP contribution >= 0.6 is 0 Å². The average molecular weight is 324 g/mol. The van der Waals surface area contributed by atoms with E-state index in [0.29, 0.717) is 0 Å². The third-order valence-corrected chi connectivity index (χ3v) is 4.35. The minimum atomic E-state index is 0.785. The van der Waals surface area contributed by atoms with Crippen molar-refractivity contribution in [2.45, 2.75) is 20.4 Å². The molecule has 6 nitrogen and oxygen atoms in total. The lowest BCUT2D eigenvalue weighted by Crippen LogP contribution is -2.21. The van der Waals surface area contributed by atoms with E-state index in [9.17, 15) is 0 Å². The SMILES string of the molecule is Cc1c(C)n(Cc2ccncc2)c2ncnc(NCCN(C)C)c12. The van der Waals surface area contributed by atoms with Gasteiger partial charge >= 0.3 is 0 Å². The van der Waals surface area contributed by atoms with Crippen molar-refractivity contribution in [1.82, 2.24) is 24.4 Å². The van der Waals surface area contributed by atoms with Crippen LogP contribution in [-0.2, 0) is 6.54 Å². The normalized spacial score (nSPS) is 11.4. The van der Waals surface area contributed by atoms with Crippen LogP contribution in [0.25, 0.3) is 11.0 Å². The number of aromatic nitrogens is 4. The Morgan fingerprint density at radius 3 is 2.58 bits per heavy atom. The molecule has 0 bridgehead atoms. The van der Waals surface area contributed by atoms with Gasteiger partial charge in [-0.05, 0) is 51.2 Å². The van der Waals surface area contributed by atoms with Crippen molar-refractivity contribution in [2.24, 2.45) is 0 Å². The van der Waals surface area contributed by atoms with Crippen molar-refractivity contribution < 1.29 is 0 Å². The van der Waals surface area contributed by atoms with E-state index < -0.39 is 0 Å². The third kappa shape index (κ3) is 3.23. The van der Waals surface area contributed by atoms with E-state index >= 15 is 0 Å². The molecular weight excluding hydrogens is 300 g/mol. The Kier molecular flexibility index (Phi) is 4.76. The van der Waals surface area contributed by atoms with Crippen LogP contribution < -0.4 is 5.32 Å². The molecule has 0 radical (unpaired) electrons. The van der Waals surface area contributed by atoms with Gasteiger partial charge in [-0.1, -0.05) is 0 Å². The molecule has 3 aromatic heterocycles. The maximum Gasteiger partial charge on any atom is 0.146 e. The number of nitrogens with one attached hydrogen (secondary N) is 1. The maximum atomic E-state index is 4.55. The second-order valence-electron chi connectivity index (χ2n) is 6.30. The fraction of sp³-hybridized carbons (Fsp3) is 0.389. The summed E-state index contributed by atoms with van der Waals surface area (Å²) >= 11 is 0. The predicted molar refractivity (Wildman–Crippen MR) is 97.4 cm³/mol. The first-order valence-electron chi connectivity index (χ1n) is 8.16. The van der Waals surface area contributed by atoms with E-state index in [1.165, 1.54) is 16.8 Å². The molecule has 126 valence electrons. The lowest BCUT2D eigenvalue weighted by molar-refractivity contribution is 0.425. The smallest absolute Gasteiger partial charge is 0.146 e. The molecule has 0 amide bonds. The van der Waals surface area contributed by atoms with E-state index in [1.54, 1.807) is 6.33 Å². The quantitative estimate of drug-likeness (QED) is 0.755. The van der Waals surface area contributed by atoms with Gasteiger partial charge < -0.3 is 14.8 Å². The summed E-state index contributed by atoms with van der Waals surface area (Å²) in [5, 5.41) is 4.56. The molecule has 6 heteroatoms. The molecule has 0 aliphatic rings. The molecule has 0 aromatic carbocycles. The van der Waals surface area contributed by atoms with Crippen LogP contribution in [0.2, 0.25) is 0 Å². The van der Waals surface area contributed by atoms with Crippen molar-refractivity contribution in [3.8, 4) is 0 Å². The Hall–Kier alpha value is -2.47. The molecule has 24 heavy (non-hydrogen) atoms. The maximum absolute atomic E-state index is 4.55. The topological polar surface area (TPSA) is 58.9 Å². The van der Waals surface area contributed by atoms with Crippen LogP contribution in [0, 0.1) is 13.8 Å². The number of rotatable bonds is 6. The lowest BCUT2D eigenvalue weighted by atomic mass is 10.2. The van der Waals surface area contributed by atoms with E-state index in [-0.39, 0.29) is 0 Å². The van der Waals surface area contributed by atoms with Crippen molar-refractivity contribution in [2.75, 3.05) is 32.5 Å². The van der Waals surface area contributed by atoms with Crippen molar-refractivity contribution in [3.05, 3.63) is 47.7 Å². The molecule has 3 aromatic rings. The van der Waals surface area contributed by atoms with Gasteiger partial charge in [0.15, 0.2) is 0 Å². The summed E-state index contributed by atoms with van der Waals surface area (Å²) < 4.78 is 2.25. The summed E-state index contributed by atoms with van der Waals surface area (Å²) in [4.78, 5) is 15.3. The number of aryl methyl sites for hydroxylation is 1. The zero-order chi connectivity index (χ0) is 17.1. The van der Waals surface area contributed by atoms with Gasteiger partial charge in [-0.3, -0.25) is 4.98 Å². The molecule has 3 heterocycles. The molecule has 0 aliphatic carbocycles. The van der Waals surface area contributed by atoms with Crippen LogP contribution in [0.5, 0.6) is 0 Å². The fourth-order valence-corrected chi connectivity index (χ4v) is 2.86. The number of likely N-dealkylation sites (N-methyl/N-ethyl adjacent to an activating group) is 1. The van der Waals surface area contributed by atoms with E-state index in [1.807, 2.05) is 24.5 Å². The zero-order valence-electron chi connectivity index (χ0n) is 14.7. The highest BCUT2D eigenvalue weighted by Crippen LogP contribution is 2.29. The van der Waals surface area contributed by atoms with Gasteiger partial charge in [0.1, 0.15) is 17.8 Å². The monoisotopic (exact) mass is 324 g/mol. The van der Waals surface area contributed by atoms with Gasteiger partial charge in [-0.2, -0.15) is 0 Å². The molecule has 0 atom stereocenters. The molecule has 0 saturated heterocycles. The first-order chi connectivity index (χ1) is 11.6. The standard InChI is InChI=1S/C18H24N6/c1-13-14(2)24(11-15-5-7-19-8-6-15)18-16(13)17(21-12-22-18)20-9-10-23(3)4/h5-8,12H,9-11H2,1-4H3,(H,20,21,22). The molecular formula is C18H24N6. The Balaban J connectivity index is 1.98. The molecule has 1 N–H and O–H groups in total. The molecule has 0 saturated carbocycles. The van der Waals surface area contributed by atoms with Crippen molar-refractivity contribution in [1.29, 1.82) is 0 Å². The van der Waals surface area contributed by atoms with E-state index in [2.05, 4.69) is 57.7 Å². The van der Waals surface area contributed by atoms with Gasteiger partial charge in [0.05, 0.1) is 5.39 Å².